The molecule has 1 aromatic rings. The van der Waals surface area contributed by atoms with Crippen LogP contribution >= 0.6 is 11.3 Å². The zero-order chi connectivity index (χ0) is 15.2. The van der Waals surface area contributed by atoms with Crippen molar-refractivity contribution in [1.82, 2.24) is 10.2 Å². The minimum Gasteiger partial charge on any atom is -0.359 e. The first-order valence-electron chi connectivity index (χ1n) is 6.94. The Morgan fingerprint density at radius 1 is 1.48 bits per heavy atom. The first kappa shape index (κ1) is 15.5. The van der Waals surface area contributed by atoms with Crippen molar-refractivity contribution >= 4 is 23.2 Å². The minimum absolute atomic E-state index is 0.00155. The van der Waals surface area contributed by atoms with Crippen molar-refractivity contribution in [3.8, 4) is 11.8 Å². The van der Waals surface area contributed by atoms with E-state index in [1.54, 1.807) is 11.9 Å². The lowest BCUT2D eigenvalue weighted by atomic mass is 9.96. The molecule has 5 nitrogen and oxygen atoms in total. The van der Waals surface area contributed by atoms with E-state index in [9.17, 15) is 9.59 Å². The molecular formula is C15H19N3O2S. The maximum absolute atomic E-state index is 12.5. The Kier molecular flexibility index (Phi) is 5.37. The molecule has 2 heterocycles. The van der Waals surface area contributed by atoms with E-state index in [-0.39, 0.29) is 24.3 Å². The molecule has 0 bridgehead atoms. The summed E-state index contributed by atoms with van der Waals surface area (Å²) in [4.78, 5) is 26.6. The zero-order valence-corrected chi connectivity index (χ0v) is 12.8. The van der Waals surface area contributed by atoms with Crippen LogP contribution < -0.4 is 11.1 Å². The minimum atomic E-state index is 0.00155. The maximum atomic E-state index is 12.5. The number of likely N-dealkylation sites (tertiary alicyclic amines) is 1. The van der Waals surface area contributed by atoms with Gasteiger partial charge in [0.2, 0.25) is 5.91 Å². The Balaban J connectivity index is 2.02. The van der Waals surface area contributed by atoms with Gasteiger partial charge in [-0.2, -0.15) is 0 Å². The maximum Gasteiger partial charge on any atom is 0.265 e. The lowest BCUT2D eigenvalue weighted by Crippen LogP contribution is -2.42. The van der Waals surface area contributed by atoms with Gasteiger partial charge in [0.25, 0.3) is 5.91 Å². The summed E-state index contributed by atoms with van der Waals surface area (Å²) in [7, 11) is 1.65. The van der Waals surface area contributed by atoms with Crippen LogP contribution in [-0.2, 0) is 4.79 Å². The number of hydrogen-bond acceptors (Lipinski definition) is 4. The van der Waals surface area contributed by atoms with E-state index in [0.29, 0.717) is 30.8 Å². The number of carbonyl (C=O) groups excluding carboxylic acids is 2. The standard InChI is InChI=1S/C15H19N3O2S/c1-17-14(19)12-4-8-18(9-5-12)15(20)13-11(3-2-7-16)6-10-21-13/h6,10,12H,4-5,7-9,16H2,1H3,(H,17,19). The van der Waals surface area contributed by atoms with Crippen molar-refractivity contribution in [2.24, 2.45) is 11.7 Å². The second-order valence-corrected chi connectivity index (χ2v) is 5.77. The van der Waals surface area contributed by atoms with Crippen LogP contribution in [0.25, 0.3) is 0 Å². The number of nitrogens with zero attached hydrogens (tertiary/aromatic N) is 1. The lowest BCUT2D eigenvalue weighted by molar-refractivity contribution is -0.125. The first-order valence-corrected chi connectivity index (χ1v) is 7.82. The second-order valence-electron chi connectivity index (χ2n) is 4.85. The Morgan fingerprint density at radius 2 is 2.19 bits per heavy atom. The number of piperidine rings is 1. The van der Waals surface area contributed by atoms with E-state index < -0.39 is 0 Å². The smallest absolute Gasteiger partial charge is 0.265 e. The molecule has 21 heavy (non-hydrogen) atoms. The number of carbonyl (C=O) groups is 2. The highest BCUT2D eigenvalue weighted by molar-refractivity contribution is 7.12. The van der Waals surface area contributed by atoms with E-state index in [1.165, 1.54) is 11.3 Å². The predicted octanol–water partition coefficient (Wildman–Crippen LogP) is 0.656. The molecule has 1 saturated heterocycles. The largest absolute Gasteiger partial charge is 0.359 e. The molecule has 3 N–H and O–H groups in total. The SMILES string of the molecule is CNC(=O)C1CCN(C(=O)c2sccc2C#CCN)CC1. The van der Waals surface area contributed by atoms with Gasteiger partial charge >= 0.3 is 0 Å². The van der Waals surface area contributed by atoms with E-state index >= 15 is 0 Å². The van der Waals surface area contributed by atoms with Gasteiger partial charge in [-0.15, -0.1) is 11.3 Å². The first-order chi connectivity index (χ1) is 10.2. The highest BCUT2D eigenvalue weighted by atomic mass is 32.1. The van der Waals surface area contributed by atoms with Gasteiger partial charge in [0.15, 0.2) is 0 Å². The molecule has 0 saturated carbocycles. The molecule has 0 aliphatic carbocycles. The molecule has 1 fully saturated rings. The molecule has 1 aromatic heterocycles. The second kappa shape index (κ2) is 7.25. The predicted molar refractivity (Wildman–Crippen MR) is 82.9 cm³/mol. The van der Waals surface area contributed by atoms with Crippen molar-refractivity contribution in [2.45, 2.75) is 12.8 Å². The van der Waals surface area contributed by atoms with E-state index in [0.717, 1.165) is 5.56 Å². The van der Waals surface area contributed by atoms with Gasteiger partial charge in [-0.05, 0) is 24.3 Å². The molecule has 0 aromatic carbocycles. The third-order valence-electron chi connectivity index (χ3n) is 3.58. The van der Waals surface area contributed by atoms with Crippen LogP contribution in [0.1, 0.15) is 28.1 Å². The van der Waals surface area contributed by atoms with Crippen LogP contribution in [0.5, 0.6) is 0 Å². The quantitative estimate of drug-likeness (QED) is 0.788. The van der Waals surface area contributed by atoms with Gasteiger partial charge in [0, 0.05) is 31.6 Å². The van der Waals surface area contributed by atoms with Gasteiger partial charge in [0.1, 0.15) is 4.88 Å². The van der Waals surface area contributed by atoms with Gasteiger partial charge in [-0.3, -0.25) is 9.59 Å². The molecule has 2 amide bonds. The molecule has 6 heteroatoms. The Labute approximate surface area is 128 Å². The van der Waals surface area contributed by atoms with Crippen molar-refractivity contribution in [1.29, 1.82) is 0 Å². The molecule has 0 spiro atoms. The fraction of sp³-hybridized carbons (Fsp3) is 0.467. The van der Waals surface area contributed by atoms with Gasteiger partial charge in [-0.1, -0.05) is 11.8 Å². The Morgan fingerprint density at radius 3 is 2.81 bits per heavy atom. The molecular weight excluding hydrogens is 286 g/mol. The van der Waals surface area contributed by atoms with E-state index in [1.807, 2.05) is 11.4 Å². The van der Waals surface area contributed by atoms with Crippen LogP contribution in [0.3, 0.4) is 0 Å². The highest BCUT2D eigenvalue weighted by Crippen LogP contribution is 2.23. The summed E-state index contributed by atoms with van der Waals surface area (Å²) in [6.45, 7) is 1.50. The number of rotatable bonds is 2. The number of nitrogens with two attached hydrogens (primary N) is 1. The van der Waals surface area contributed by atoms with Crippen molar-refractivity contribution < 1.29 is 9.59 Å². The number of thiophene rings is 1. The average Bonchev–Trinajstić information content (AvgIpc) is 3.00. The third kappa shape index (κ3) is 3.63. The van der Waals surface area contributed by atoms with Crippen LogP contribution in [0.4, 0.5) is 0 Å². The normalized spacial score (nSPS) is 15.2. The monoisotopic (exact) mass is 305 g/mol. The summed E-state index contributed by atoms with van der Waals surface area (Å²) < 4.78 is 0. The van der Waals surface area contributed by atoms with Gasteiger partial charge in [-0.25, -0.2) is 0 Å². The molecule has 2 rings (SSSR count). The van der Waals surface area contributed by atoms with Crippen molar-refractivity contribution in [3.05, 3.63) is 21.9 Å². The molecule has 0 unspecified atom stereocenters. The highest BCUT2D eigenvalue weighted by Gasteiger charge is 2.28. The number of nitrogens with one attached hydrogen (secondary N) is 1. The third-order valence-corrected chi connectivity index (χ3v) is 4.49. The molecule has 0 radical (unpaired) electrons. The van der Waals surface area contributed by atoms with Crippen LogP contribution in [0, 0.1) is 17.8 Å². The molecule has 1 aliphatic rings. The number of amides is 2. The average molecular weight is 305 g/mol. The lowest BCUT2D eigenvalue weighted by Gasteiger charge is -2.30. The summed E-state index contributed by atoms with van der Waals surface area (Å²) in [5, 5.41) is 4.53. The molecule has 1 aliphatic heterocycles. The van der Waals surface area contributed by atoms with E-state index in [2.05, 4.69) is 17.2 Å². The van der Waals surface area contributed by atoms with Crippen molar-refractivity contribution in [2.75, 3.05) is 26.7 Å². The van der Waals surface area contributed by atoms with Crippen LogP contribution in [0.15, 0.2) is 11.4 Å². The topological polar surface area (TPSA) is 75.4 Å². The summed E-state index contributed by atoms with van der Waals surface area (Å²) >= 11 is 1.40. The fourth-order valence-corrected chi connectivity index (χ4v) is 3.23. The summed E-state index contributed by atoms with van der Waals surface area (Å²) in [5.41, 5.74) is 6.11. The van der Waals surface area contributed by atoms with Gasteiger partial charge < -0.3 is 16.0 Å². The molecule has 112 valence electrons. The summed E-state index contributed by atoms with van der Waals surface area (Å²) in [6, 6.07) is 1.85. The van der Waals surface area contributed by atoms with Crippen LogP contribution in [-0.4, -0.2) is 43.4 Å². The Bertz CT molecular complexity index is 577. The molecule has 0 atom stereocenters. The fourth-order valence-electron chi connectivity index (χ4n) is 2.41. The van der Waals surface area contributed by atoms with Crippen LogP contribution in [0.2, 0.25) is 0 Å². The van der Waals surface area contributed by atoms with E-state index in [4.69, 9.17) is 5.73 Å². The van der Waals surface area contributed by atoms with Gasteiger partial charge in [0.05, 0.1) is 6.54 Å². The zero-order valence-electron chi connectivity index (χ0n) is 12.0. The summed E-state index contributed by atoms with van der Waals surface area (Å²) in [5.74, 6) is 5.79. The number of hydrogen-bond donors (Lipinski definition) is 2. The van der Waals surface area contributed by atoms with Crippen molar-refractivity contribution in [3.63, 3.8) is 0 Å². The summed E-state index contributed by atoms with van der Waals surface area (Å²) in [6.07, 6.45) is 1.42. The Hall–Kier alpha value is -1.84.